The van der Waals surface area contributed by atoms with Gasteiger partial charge < -0.3 is 14.5 Å². The number of fused-ring (bicyclic) bond motifs is 1. The van der Waals surface area contributed by atoms with Gasteiger partial charge in [0.15, 0.2) is 0 Å². The van der Waals surface area contributed by atoms with Crippen LogP contribution in [0.15, 0.2) is 12.4 Å². The number of hydrogen-bond donors (Lipinski definition) is 2. The van der Waals surface area contributed by atoms with Crippen molar-refractivity contribution in [2.24, 2.45) is 5.92 Å². The van der Waals surface area contributed by atoms with E-state index < -0.39 is 0 Å². The Morgan fingerprint density at radius 3 is 2.71 bits per heavy atom. The summed E-state index contributed by atoms with van der Waals surface area (Å²) in [6.45, 7) is 9.94. The lowest BCUT2D eigenvalue weighted by atomic mass is 9.79. The van der Waals surface area contributed by atoms with Crippen LogP contribution in [0.5, 0.6) is 0 Å². The molecule has 7 nitrogen and oxygen atoms in total. The first-order valence-corrected chi connectivity index (χ1v) is 11.1. The average molecular weight is 387 g/mol. The first-order valence-electron chi connectivity index (χ1n) is 11.1. The zero-order valence-corrected chi connectivity index (χ0v) is 17.2. The quantitative estimate of drug-likeness (QED) is 0.801. The number of rotatable bonds is 5. The monoisotopic (exact) mass is 386 g/mol. The van der Waals surface area contributed by atoms with Crippen molar-refractivity contribution in [3.63, 3.8) is 0 Å². The van der Waals surface area contributed by atoms with E-state index in [4.69, 9.17) is 4.74 Å². The van der Waals surface area contributed by atoms with Gasteiger partial charge in [-0.25, -0.2) is 15.4 Å². The normalized spacial score (nSPS) is 35.0. The van der Waals surface area contributed by atoms with E-state index in [1.54, 1.807) is 6.33 Å². The standard InChI is InChI=1S/C21H34N6O/c1-3-26-8-10-27(11-9-26)19-13-18(22-14-23-19)20-16-12-15(28-21(2)6-7-21)4-5-17(16)24-25-20/h13-17,20,24-25H,3-12H2,1-2H3. The fourth-order valence-electron chi connectivity index (χ4n) is 5.11. The van der Waals surface area contributed by atoms with Gasteiger partial charge in [0.25, 0.3) is 0 Å². The van der Waals surface area contributed by atoms with E-state index >= 15 is 0 Å². The summed E-state index contributed by atoms with van der Waals surface area (Å²) in [5, 5.41) is 0. The summed E-state index contributed by atoms with van der Waals surface area (Å²) in [6.07, 6.45) is 8.02. The van der Waals surface area contributed by atoms with Crippen molar-refractivity contribution < 1.29 is 4.74 Å². The Bertz CT molecular complexity index is 687. The van der Waals surface area contributed by atoms with Crippen LogP contribution in [-0.2, 0) is 4.74 Å². The Balaban J connectivity index is 1.28. The third kappa shape index (κ3) is 3.77. The number of piperazine rings is 1. The molecular weight excluding hydrogens is 352 g/mol. The highest BCUT2D eigenvalue weighted by atomic mass is 16.5. The van der Waals surface area contributed by atoms with Crippen LogP contribution in [-0.4, -0.2) is 65.3 Å². The number of anilines is 1. The summed E-state index contributed by atoms with van der Waals surface area (Å²) in [5.74, 6) is 1.60. The molecule has 0 spiro atoms. The molecule has 2 aliphatic heterocycles. The van der Waals surface area contributed by atoms with Gasteiger partial charge in [-0.2, -0.15) is 0 Å². The Morgan fingerprint density at radius 1 is 1.14 bits per heavy atom. The molecule has 0 amide bonds. The molecule has 28 heavy (non-hydrogen) atoms. The van der Waals surface area contributed by atoms with Gasteiger partial charge in [0, 0.05) is 44.2 Å². The Morgan fingerprint density at radius 2 is 1.96 bits per heavy atom. The highest BCUT2D eigenvalue weighted by Gasteiger charge is 2.46. The van der Waals surface area contributed by atoms with Crippen molar-refractivity contribution in [1.82, 2.24) is 25.7 Å². The molecule has 2 N–H and O–H groups in total. The van der Waals surface area contributed by atoms with Crippen molar-refractivity contribution in [3.05, 3.63) is 18.1 Å². The minimum atomic E-state index is 0.162. The molecule has 1 aromatic rings. The number of nitrogens with zero attached hydrogens (tertiary/aromatic N) is 4. The van der Waals surface area contributed by atoms with Crippen molar-refractivity contribution in [2.75, 3.05) is 37.6 Å². The summed E-state index contributed by atoms with van der Waals surface area (Å²) in [5.41, 5.74) is 8.34. The fraction of sp³-hybridized carbons (Fsp3) is 0.810. The van der Waals surface area contributed by atoms with E-state index in [2.05, 4.69) is 50.5 Å². The van der Waals surface area contributed by atoms with Gasteiger partial charge in [-0.05, 0) is 45.6 Å². The maximum absolute atomic E-state index is 6.42. The largest absolute Gasteiger partial charge is 0.372 e. The van der Waals surface area contributed by atoms with Gasteiger partial charge in [0.2, 0.25) is 0 Å². The van der Waals surface area contributed by atoms with Crippen LogP contribution in [0.25, 0.3) is 0 Å². The molecule has 3 heterocycles. The topological polar surface area (TPSA) is 65.5 Å². The second-order valence-electron chi connectivity index (χ2n) is 9.26. The maximum atomic E-state index is 6.42. The lowest BCUT2D eigenvalue weighted by Gasteiger charge is -2.35. The first-order chi connectivity index (χ1) is 13.6. The maximum Gasteiger partial charge on any atom is 0.132 e. The number of likely N-dealkylation sites (N-methyl/N-ethyl adjacent to an activating group) is 1. The molecule has 2 saturated heterocycles. The van der Waals surface area contributed by atoms with Crippen LogP contribution >= 0.6 is 0 Å². The molecule has 2 saturated carbocycles. The minimum absolute atomic E-state index is 0.162. The number of hydrogen-bond acceptors (Lipinski definition) is 7. The SMILES string of the molecule is CCN1CCN(c2cc(C3NNC4CCC(OC5(C)CC5)CC43)ncn2)CC1. The third-order valence-corrected chi connectivity index (χ3v) is 7.25. The second-order valence-corrected chi connectivity index (χ2v) is 9.26. The molecule has 0 radical (unpaired) electrons. The van der Waals surface area contributed by atoms with E-state index in [1.807, 2.05) is 0 Å². The fourth-order valence-corrected chi connectivity index (χ4v) is 5.11. The zero-order valence-electron chi connectivity index (χ0n) is 17.2. The molecule has 1 aromatic heterocycles. The molecular formula is C21H34N6O. The summed E-state index contributed by atoms with van der Waals surface area (Å²) >= 11 is 0. The molecule has 4 fully saturated rings. The molecule has 4 aliphatic rings. The molecule has 2 aliphatic carbocycles. The lowest BCUT2D eigenvalue weighted by Crippen LogP contribution is -2.46. The van der Waals surface area contributed by atoms with E-state index in [0.717, 1.165) is 57.1 Å². The molecule has 4 unspecified atom stereocenters. The summed E-state index contributed by atoms with van der Waals surface area (Å²) in [4.78, 5) is 14.1. The van der Waals surface area contributed by atoms with Crippen LogP contribution in [0.2, 0.25) is 0 Å². The van der Waals surface area contributed by atoms with E-state index in [-0.39, 0.29) is 11.6 Å². The lowest BCUT2D eigenvalue weighted by molar-refractivity contribution is -0.0500. The van der Waals surface area contributed by atoms with Crippen molar-refractivity contribution in [1.29, 1.82) is 0 Å². The van der Waals surface area contributed by atoms with Crippen LogP contribution in [0.3, 0.4) is 0 Å². The number of nitrogens with one attached hydrogen (secondary N) is 2. The Hall–Kier alpha value is -1.28. The van der Waals surface area contributed by atoms with Crippen LogP contribution in [0.4, 0.5) is 5.82 Å². The molecule has 5 rings (SSSR count). The van der Waals surface area contributed by atoms with Gasteiger partial charge >= 0.3 is 0 Å². The minimum Gasteiger partial charge on any atom is -0.372 e. The Labute approximate surface area is 168 Å². The van der Waals surface area contributed by atoms with Gasteiger partial charge in [-0.1, -0.05) is 6.92 Å². The van der Waals surface area contributed by atoms with E-state index in [1.165, 1.54) is 19.3 Å². The van der Waals surface area contributed by atoms with Gasteiger partial charge in [-0.15, -0.1) is 0 Å². The van der Waals surface area contributed by atoms with Gasteiger partial charge in [-0.3, -0.25) is 5.43 Å². The molecule has 0 aromatic carbocycles. The van der Waals surface area contributed by atoms with Crippen molar-refractivity contribution in [2.45, 2.75) is 69.7 Å². The smallest absolute Gasteiger partial charge is 0.132 e. The van der Waals surface area contributed by atoms with Crippen LogP contribution < -0.4 is 15.8 Å². The molecule has 154 valence electrons. The second kappa shape index (κ2) is 7.52. The summed E-state index contributed by atoms with van der Waals surface area (Å²) < 4.78 is 6.42. The first kappa shape index (κ1) is 18.7. The molecule has 0 bridgehead atoms. The molecule has 7 heteroatoms. The predicted octanol–water partition coefficient (Wildman–Crippen LogP) is 1.87. The average Bonchev–Trinajstić information content (AvgIpc) is 3.30. The van der Waals surface area contributed by atoms with Crippen LogP contribution in [0, 0.1) is 5.92 Å². The van der Waals surface area contributed by atoms with Crippen LogP contribution in [0.1, 0.15) is 57.7 Å². The third-order valence-electron chi connectivity index (χ3n) is 7.25. The Kier molecular flexibility index (Phi) is 5.03. The summed E-state index contributed by atoms with van der Waals surface area (Å²) in [6, 6.07) is 2.96. The highest BCUT2D eigenvalue weighted by Crippen LogP contribution is 2.45. The zero-order chi connectivity index (χ0) is 19.1. The van der Waals surface area contributed by atoms with Crippen molar-refractivity contribution >= 4 is 5.82 Å². The number of aromatic nitrogens is 2. The highest BCUT2D eigenvalue weighted by molar-refractivity contribution is 5.40. The van der Waals surface area contributed by atoms with Crippen molar-refractivity contribution in [3.8, 4) is 0 Å². The number of hydrazine groups is 1. The summed E-state index contributed by atoms with van der Waals surface area (Å²) in [7, 11) is 0. The van der Waals surface area contributed by atoms with E-state index in [9.17, 15) is 0 Å². The van der Waals surface area contributed by atoms with Gasteiger partial charge in [0.05, 0.1) is 23.4 Å². The van der Waals surface area contributed by atoms with E-state index in [0.29, 0.717) is 18.1 Å². The molecule has 4 atom stereocenters. The predicted molar refractivity (Wildman–Crippen MR) is 109 cm³/mol. The van der Waals surface area contributed by atoms with Gasteiger partial charge in [0.1, 0.15) is 12.1 Å². The number of ether oxygens (including phenoxy) is 1.